The summed E-state index contributed by atoms with van der Waals surface area (Å²) < 4.78 is 10.0. The third-order valence-electron chi connectivity index (χ3n) is 1.73. The highest BCUT2D eigenvalue weighted by molar-refractivity contribution is 6.32. The number of rotatable bonds is 5. The zero-order valence-electron chi connectivity index (χ0n) is 8.20. The van der Waals surface area contributed by atoms with Crippen LogP contribution in [0.5, 0.6) is 5.75 Å². The molecule has 1 aromatic rings. The van der Waals surface area contributed by atoms with Gasteiger partial charge in [0.25, 0.3) is 0 Å². The molecule has 82 valence electrons. The number of hydrogen-bond acceptors (Lipinski definition) is 3. The first kappa shape index (κ1) is 11.8. The molecule has 0 fully saturated rings. The van der Waals surface area contributed by atoms with Gasteiger partial charge in [0.05, 0.1) is 11.6 Å². The molecule has 0 aromatic heterocycles. The summed E-state index contributed by atoms with van der Waals surface area (Å²) in [5.74, 6) is -0.881. The van der Waals surface area contributed by atoms with E-state index in [-0.39, 0.29) is 22.9 Å². The summed E-state index contributed by atoms with van der Waals surface area (Å²) in [5.41, 5.74) is 0.0543. The van der Waals surface area contributed by atoms with Crippen LogP contribution in [0.4, 0.5) is 0 Å². The first-order valence-electron chi connectivity index (χ1n) is 4.30. The standard InChI is InChI=1S/C10H11ClO4/c1-14-5-6-15-9-7(10(12)13)3-2-4-8(9)11/h2-4H,5-6H2,1H3,(H,12,13). The van der Waals surface area contributed by atoms with Crippen LogP contribution in [0.25, 0.3) is 0 Å². The summed E-state index contributed by atoms with van der Waals surface area (Å²) in [6, 6.07) is 4.58. The smallest absolute Gasteiger partial charge is 0.339 e. The molecule has 1 aromatic carbocycles. The predicted molar refractivity (Wildman–Crippen MR) is 55.8 cm³/mol. The number of aromatic carboxylic acids is 1. The van der Waals surface area contributed by atoms with Gasteiger partial charge in [0, 0.05) is 7.11 Å². The van der Waals surface area contributed by atoms with Gasteiger partial charge in [0.2, 0.25) is 0 Å². The number of hydrogen-bond donors (Lipinski definition) is 1. The fourth-order valence-electron chi connectivity index (χ4n) is 1.05. The molecule has 0 saturated heterocycles. The summed E-state index contributed by atoms with van der Waals surface area (Å²) in [7, 11) is 1.54. The first-order chi connectivity index (χ1) is 7.16. The van der Waals surface area contributed by atoms with Gasteiger partial charge in [-0.2, -0.15) is 0 Å². The van der Waals surface area contributed by atoms with Crippen LogP contribution in [0.2, 0.25) is 5.02 Å². The Morgan fingerprint density at radius 2 is 2.20 bits per heavy atom. The van der Waals surface area contributed by atoms with E-state index < -0.39 is 5.97 Å². The second-order valence-electron chi connectivity index (χ2n) is 2.76. The highest BCUT2D eigenvalue weighted by Crippen LogP contribution is 2.28. The molecule has 0 amide bonds. The van der Waals surface area contributed by atoms with Crippen molar-refractivity contribution in [1.29, 1.82) is 0 Å². The number of carboxylic acid groups (broad SMARTS) is 1. The van der Waals surface area contributed by atoms with Gasteiger partial charge in [0.1, 0.15) is 12.2 Å². The van der Waals surface area contributed by atoms with Gasteiger partial charge in [-0.25, -0.2) is 4.79 Å². The van der Waals surface area contributed by atoms with Crippen molar-refractivity contribution in [1.82, 2.24) is 0 Å². The van der Waals surface area contributed by atoms with Crippen molar-refractivity contribution < 1.29 is 19.4 Å². The van der Waals surface area contributed by atoms with Crippen molar-refractivity contribution in [3.8, 4) is 5.75 Å². The monoisotopic (exact) mass is 230 g/mol. The van der Waals surface area contributed by atoms with E-state index >= 15 is 0 Å². The molecule has 0 aliphatic heterocycles. The van der Waals surface area contributed by atoms with Gasteiger partial charge in [-0.05, 0) is 12.1 Å². The van der Waals surface area contributed by atoms with Gasteiger partial charge >= 0.3 is 5.97 Å². The van der Waals surface area contributed by atoms with Crippen molar-refractivity contribution in [2.75, 3.05) is 20.3 Å². The van der Waals surface area contributed by atoms with Crippen LogP contribution >= 0.6 is 11.6 Å². The van der Waals surface area contributed by atoms with Crippen molar-refractivity contribution in [3.05, 3.63) is 28.8 Å². The molecule has 0 atom stereocenters. The number of carbonyl (C=O) groups is 1. The quantitative estimate of drug-likeness (QED) is 0.787. The SMILES string of the molecule is COCCOc1c(Cl)cccc1C(=O)O. The molecule has 0 spiro atoms. The van der Waals surface area contributed by atoms with Crippen LogP contribution in [0.3, 0.4) is 0 Å². The molecule has 1 rings (SSSR count). The van der Waals surface area contributed by atoms with E-state index in [0.29, 0.717) is 6.61 Å². The summed E-state index contributed by atoms with van der Waals surface area (Å²) in [6.07, 6.45) is 0. The third-order valence-corrected chi connectivity index (χ3v) is 2.03. The Balaban J connectivity index is 2.87. The van der Waals surface area contributed by atoms with Crippen molar-refractivity contribution in [2.45, 2.75) is 0 Å². The fraction of sp³-hybridized carbons (Fsp3) is 0.300. The van der Waals surface area contributed by atoms with E-state index in [4.69, 9.17) is 26.2 Å². The summed E-state index contributed by atoms with van der Waals surface area (Å²) in [6.45, 7) is 0.644. The van der Waals surface area contributed by atoms with Crippen LogP contribution in [0.1, 0.15) is 10.4 Å². The van der Waals surface area contributed by atoms with E-state index in [1.165, 1.54) is 13.2 Å². The maximum atomic E-state index is 10.8. The van der Waals surface area contributed by atoms with Crippen LogP contribution in [0.15, 0.2) is 18.2 Å². The molecule has 0 heterocycles. The molecule has 1 N–H and O–H groups in total. The number of methoxy groups -OCH3 is 1. The van der Waals surface area contributed by atoms with E-state index in [1.54, 1.807) is 12.1 Å². The average Bonchev–Trinajstić information content (AvgIpc) is 2.20. The van der Waals surface area contributed by atoms with E-state index in [1.807, 2.05) is 0 Å². The maximum absolute atomic E-state index is 10.8. The zero-order valence-corrected chi connectivity index (χ0v) is 8.95. The molecule has 5 heteroatoms. The highest BCUT2D eigenvalue weighted by atomic mass is 35.5. The van der Waals surface area contributed by atoms with Gasteiger partial charge in [0.15, 0.2) is 5.75 Å². The lowest BCUT2D eigenvalue weighted by Gasteiger charge is -2.09. The molecule has 0 unspecified atom stereocenters. The summed E-state index contributed by atoms with van der Waals surface area (Å²) in [4.78, 5) is 10.8. The molecule has 15 heavy (non-hydrogen) atoms. The van der Waals surface area contributed by atoms with E-state index in [0.717, 1.165) is 0 Å². The Bertz CT molecular complexity index is 351. The largest absolute Gasteiger partial charge is 0.489 e. The Hall–Kier alpha value is -1.26. The summed E-state index contributed by atoms with van der Waals surface area (Å²) in [5, 5.41) is 9.16. The van der Waals surface area contributed by atoms with E-state index in [2.05, 4.69) is 0 Å². The summed E-state index contributed by atoms with van der Waals surface area (Å²) >= 11 is 5.82. The minimum atomic E-state index is -1.06. The minimum Gasteiger partial charge on any atom is -0.489 e. The highest BCUT2D eigenvalue weighted by Gasteiger charge is 2.13. The number of carboxylic acids is 1. The second-order valence-corrected chi connectivity index (χ2v) is 3.17. The lowest BCUT2D eigenvalue weighted by molar-refractivity contribution is 0.0689. The minimum absolute atomic E-state index is 0.0543. The molecule has 0 aliphatic rings. The molecular weight excluding hydrogens is 220 g/mol. The second kappa shape index (κ2) is 5.58. The number of para-hydroxylation sites is 1. The van der Waals surface area contributed by atoms with E-state index in [9.17, 15) is 4.79 Å². The van der Waals surface area contributed by atoms with Crippen LogP contribution in [0, 0.1) is 0 Å². The van der Waals surface area contributed by atoms with Gasteiger partial charge in [-0.3, -0.25) is 0 Å². The zero-order chi connectivity index (χ0) is 11.3. The Kier molecular flexibility index (Phi) is 4.39. The lowest BCUT2D eigenvalue weighted by atomic mass is 10.2. The van der Waals surface area contributed by atoms with Gasteiger partial charge < -0.3 is 14.6 Å². The Morgan fingerprint density at radius 3 is 2.80 bits per heavy atom. The van der Waals surface area contributed by atoms with Crippen LogP contribution < -0.4 is 4.74 Å². The predicted octanol–water partition coefficient (Wildman–Crippen LogP) is 2.06. The van der Waals surface area contributed by atoms with Crippen molar-refractivity contribution >= 4 is 17.6 Å². The van der Waals surface area contributed by atoms with Gasteiger partial charge in [-0.15, -0.1) is 0 Å². The Morgan fingerprint density at radius 1 is 1.47 bits per heavy atom. The number of benzene rings is 1. The first-order valence-corrected chi connectivity index (χ1v) is 4.68. The molecule has 4 nitrogen and oxygen atoms in total. The maximum Gasteiger partial charge on any atom is 0.339 e. The van der Waals surface area contributed by atoms with Gasteiger partial charge in [-0.1, -0.05) is 17.7 Å². The average molecular weight is 231 g/mol. The van der Waals surface area contributed by atoms with Crippen LogP contribution in [-0.4, -0.2) is 31.4 Å². The normalized spacial score (nSPS) is 10.0. The lowest BCUT2D eigenvalue weighted by Crippen LogP contribution is -2.08. The Labute approximate surface area is 92.4 Å². The fourth-order valence-corrected chi connectivity index (χ4v) is 1.28. The molecule has 0 saturated carbocycles. The third kappa shape index (κ3) is 3.11. The molecular formula is C10H11ClO4. The molecule has 0 radical (unpaired) electrons. The van der Waals surface area contributed by atoms with Crippen molar-refractivity contribution in [2.24, 2.45) is 0 Å². The molecule has 0 aliphatic carbocycles. The number of halogens is 1. The number of ether oxygens (including phenoxy) is 2. The van der Waals surface area contributed by atoms with Crippen LogP contribution in [-0.2, 0) is 4.74 Å². The van der Waals surface area contributed by atoms with Crippen molar-refractivity contribution in [3.63, 3.8) is 0 Å². The topological polar surface area (TPSA) is 55.8 Å². The molecule has 0 bridgehead atoms.